The lowest BCUT2D eigenvalue weighted by molar-refractivity contribution is -0.385. The standard InChI is InChI=1S/C18H25N5O4S2/c1-13(2)12-29(26,27)21-8-9-22(14(3)11-21)18-19-17(20-28-18)10-15-6-4-5-7-16(15)23(24)25/h4-7,13-14H,8-12H2,1-3H3. The van der Waals surface area contributed by atoms with Gasteiger partial charge in [-0.15, -0.1) is 0 Å². The van der Waals surface area contributed by atoms with Crippen LogP contribution >= 0.6 is 11.5 Å². The molecule has 1 aromatic carbocycles. The Bertz CT molecular complexity index is 976. The molecule has 0 amide bonds. The zero-order chi connectivity index (χ0) is 21.2. The summed E-state index contributed by atoms with van der Waals surface area (Å²) < 4.78 is 30.9. The molecule has 0 radical (unpaired) electrons. The van der Waals surface area contributed by atoms with E-state index in [2.05, 4.69) is 14.3 Å². The molecule has 11 heteroatoms. The molecule has 9 nitrogen and oxygen atoms in total. The van der Waals surface area contributed by atoms with E-state index >= 15 is 0 Å². The summed E-state index contributed by atoms with van der Waals surface area (Å²) in [5.41, 5.74) is 0.626. The smallest absolute Gasteiger partial charge is 0.273 e. The summed E-state index contributed by atoms with van der Waals surface area (Å²) in [7, 11) is -3.26. The number of nitro benzene ring substituents is 1. The van der Waals surface area contributed by atoms with Gasteiger partial charge in [-0.05, 0) is 12.8 Å². The van der Waals surface area contributed by atoms with E-state index in [4.69, 9.17) is 0 Å². The molecule has 1 aromatic heterocycles. The van der Waals surface area contributed by atoms with E-state index in [0.29, 0.717) is 36.2 Å². The highest BCUT2D eigenvalue weighted by molar-refractivity contribution is 7.89. The van der Waals surface area contributed by atoms with Crippen LogP contribution in [-0.2, 0) is 16.4 Å². The topological polar surface area (TPSA) is 110 Å². The van der Waals surface area contributed by atoms with Gasteiger partial charge in [-0.3, -0.25) is 10.1 Å². The number of hydrogen-bond donors (Lipinski definition) is 0. The molecular weight excluding hydrogens is 414 g/mol. The Kier molecular flexibility index (Phi) is 6.49. The Morgan fingerprint density at radius 2 is 2.03 bits per heavy atom. The first-order valence-electron chi connectivity index (χ1n) is 9.46. The van der Waals surface area contributed by atoms with Crippen LogP contribution in [0.1, 0.15) is 32.2 Å². The molecule has 29 heavy (non-hydrogen) atoms. The molecule has 0 aliphatic carbocycles. The average molecular weight is 440 g/mol. The Labute approximate surface area is 174 Å². The van der Waals surface area contributed by atoms with Crippen molar-refractivity contribution in [3.63, 3.8) is 0 Å². The minimum Gasteiger partial charge on any atom is -0.342 e. The second kappa shape index (κ2) is 8.72. The maximum Gasteiger partial charge on any atom is 0.273 e. The molecule has 158 valence electrons. The highest BCUT2D eigenvalue weighted by Crippen LogP contribution is 2.26. The van der Waals surface area contributed by atoms with Gasteiger partial charge in [0.2, 0.25) is 15.2 Å². The number of anilines is 1. The van der Waals surface area contributed by atoms with Crippen LogP contribution in [0.25, 0.3) is 0 Å². The van der Waals surface area contributed by atoms with E-state index < -0.39 is 14.9 Å². The summed E-state index contributed by atoms with van der Waals surface area (Å²) >= 11 is 1.24. The first-order chi connectivity index (χ1) is 13.7. The average Bonchev–Trinajstić information content (AvgIpc) is 3.09. The SMILES string of the molecule is CC(C)CS(=O)(=O)N1CCN(c2nc(Cc3ccccc3[N+](=O)[O-])ns2)C(C)C1. The van der Waals surface area contributed by atoms with Gasteiger partial charge in [0.25, 0.3) is 5.69 Å². The highest BCUT2D eigenvalue weighted by Gasteiger charge is 2.33. The predicted octanol–water partition coefficient (Wildman–Crippen LogP) is 2.53. The van der Waals surface area contributed by atoms with Crippen molar-refractivity contribution < 1.29 is 13.3 Å². The molecule has 1 aliphatic heterocycles. The number of piperazine rings is 1. The van der Waals surface area contributed by atoms with Crippen molar-refractivity contribution >= 4 is 32.4 Å². The summed E-state index contributed by atoms with van der Waals surface area (Å²) in [4.78, 5) is 17.4. The molecule has 1 unspecified atom stereocenters. The second-order valence-corrected chi connectivity index (χ2v) is 10.4. The van der Waals surface area contributed by atoms with E-state index in [0.717, 1.165) is 0 Å². The number of benzene rings is 1. The molecule has 0 saturated carbocycles. The maximum absolute atomic E-state index is 12.5. The fourth-order valence-corrected chi connectivity index (χ4v) is 6.10. The van der Waals surface area contributed by atoms with Crippen molar-refractivity contribution in [1.82, 2.24) is 13.7 Å². The fraction of sp³-hybridized carbons (Fsp3) is 0.556. The number of hydrogen-bond acceptors (Lipinski definition) is 8. The lowest BCUT2D eigenvalue weighted by Gasteiger charge is -2.39. The molecule has 1 aliphatic rings. The summed E-state index contributed by atoms with van der Waals surface area (Å²) in [6, 6.07) is 6.55. The van der Waals surface area contributed by atoms with Gasteiger partial charge in [-0.1, -0.05) is 32.0 Å². The van der Waals surface area contributed by atoms with Crippen LogP contribution in [-0.4, -0.2) is 58.4 Å². The Morgan fingerprint density at radius 1 is 1.31 bits per heavy atom. The van der Waals surface area contributed by atoms with Crippen LogP contribution in [0.4, 0.5) is 10.8 Å². The second-order valence-electron chi connectivity index (χ2n) is 7.63. The third kappa shape index (κ3) is 5.09. The van der Waals surface area contributed by atoms with Crippen LogP contribution in [0.5, 0.6) is 0 Å². The highest BCUT2D eigenvalue weighted by atomic mass is 32.2. The van der Waals surface area contributed by atoms with Crippen LogP contribution in [0, 0.1) is 16.0 Å². The molecule has 1 atom stereocenters. The number of aromatic nitrogens is 2. The van der Waals surface area contributed by atoms with Crippen molar-refractivity contribution in [2.24, 2.45) is 5.92 Å². The monoisotopic (exact) mass is 439 g/mol. The summed E-state index contributed by atoms with van der Waals surface area (Å²) in [5.74, 6) is 0.765. The summed E-state index contributed by atoms with van der Waals surface area (Å²) in [5, 5.41) is 11.9. The van der Waals surface area contributed by atoms with Crippen LogP contribution in [0.15, 0.2) is 24.3 Å². The largest absolute Gasteiger partial charge is 0.342 e. The first kappa shape index (κ1) is 21.6. The van der Waals surface area contributed by atoms with E-state index in [1.165, 1.54) is 17.6 Å². The van der Waals surface area contributed by atoms with Crippen LogP contribution < -0.4 is 4.90 Å². The van der Waals surface area contributed by atoms with Crippen LogP contribution in [0.3, 0.4) is 0 Å². The van der Waals surface area contributed by atoms with Crippen LogP contribution in [0.2, 0.25) is 0 Å². The Hall–Kier alpha value is -2.11. The van der Waals surface area contributed by atoms with Crippen molar-refractivity contribution in [3.05, 3.63) is 45.8 Å². The van der Waals surface area contributed by atoms with E-state index in [1.807, 2.05) is 20.8 Å². The third-order valence-electron chi connectivity index (χ3n) is 4.77. The van der Waals surface area contributed by atoms with Gasteiger partial charge < -0.3 is 4.90 Å². The Balaban J connectivity index is 1.70. The summed E-state index contributed by atoms with van der Waals surface area (Å²) in [6.45, 7) is 7.14. The molecule has 2 aromatic rings. The molecule has 0 bridgehead atoms. The van der Waals surface area contributed by atoms with Crippen molar-refractivity contribution in [2.45, 2.75) is 33.2 Å². The minimum atomic E-state index is -3.26. The number of para-hydroxylation sites is 1. The molecule has 2 heterocycles. The summed E-state index contributed by atoms with van der Waals surface area (Å²) in [6.07, 6.45) is 0.283. The van der Waals surface area contributed by atoms with E-state index in [9.17, 15) is 18.5 Å². The molecule has 1 saturated heterocycles. The Morgan fingerprint density at radius 3 is 2.69 bits per heavy atom. The number of nitro groups is 1. The van der Waals surface area contributed by atoms with Gasteiger partial charge in [-0.25, -0.2) is 13.4 Å². The zero-order valence-corrected chi connectivity index (χ0v) is 18.3. The third-order valence-corrected chi connectivity index (χ3v) is 7.76. The number of nitrogens with zero attached hydrogens (tertiary/aromatic N) is 5. The van der Waals surface area contributed by atoms with Gasteiger partial charge in [0.15, 0.2) is 0 Å². The number of rotatable bonds is 7. The van der Waals surface area contributed by atoms with Crippen molar-refractivity contribution in [2.75, 3.05) is 30.3 Å². The molecule has 0 N–H and O–H groups in total. The van der Waals surface area contributed by atoms with E-state index in [1.54, 1.807) is 22.5 Å². The lowest BCUT2D eigenvalue weighted by Crippen LogP contribution is -2.54. The normalized spacial score (nSPS) is 18.3. The number of sulfonamides is 1. The maximum atomic E-state index is 12.5. The lowest BCUT2D eigenvalue weighted by atomic mass is 10.1. The molecular formula is C18H25N5O4S2. The minimum absolute atomic E-state index is 0.0300. The van der Waals surface area contributed by atoms with E-state index in [-0.39, 0.29) is 29.8 Å². The molecule has 1 fully saturated rings. The van der Waals surface area contributed by atoms with Crippen molar-refractivity contribution in [1.29, 1.82) is 0 Å². The van der Waals surface area contributed by atoms with Gasteiger partial charge >= 0.3 is 0 Å². The molecule has 3 rings (SSSR count). The van der Waals surface area contributed by atoms with Gasteiger partial charge in [0.05, 0.1) is 10.7 Å². The van der Waals surface area contributed by atoms with Gasteiger partial charge in [0, 0.05) is 55.3 Å². The zero-order valence-electron chi connectivity index (χ0n) is 16.7. The van der Waals surface area contributed by atoms with Crippen molar-refractivity contribution in [3.8, 4) is 0 Å². The molecule has 0 spiro atoms. The van der Waals surface area contributed by atoms with Gasteiger partial charge in [-0.2, -0.15) is 8.68 Å². The first-order valence-corrected chi connectivity index (χ1v) is 11.8. The van der Waals surface area contributed by atoms with Gasteiger partial charge in [0.1, 0.15) is 5.82 Å². The quantitative estimate of drug-likeness (QED) is 0.481. The predicted molar refractivity (Wildman–Crippen MR) is 113 cm³/mol. The fourth-order valence-electron chi connectivity index (χ4n) is 3.43.